The quantitative estimate of drug-likeness (QED) is 0.482. The summed E-state index contributed by atoms with van der Waals surface area (Å²) < 4.78 is 4.97. The zero-order valence-electron chi connectivity index (χ0n) is 6.53. The lowest BCUT2D eigenvalue weighted by Crippen LogP contribution is -2.07. The predicted molar refractivity (Wildman–Crippen MR) is 44.4 cm³/mol. The first kappa shape index (κ1) is 7.05. The van der Waals surface area contributed by atoms with Crippen molar-refractivity contribution in [3.63, 3.8) is 0 Å². The van der Waals surface area contributed by atoms with Crippen LogP contribution in [0.1, 0.15) is 5.69 Å². The van der Waals surface area contributed by atoms with Crippen LogP contribution < -0.4 is 11.3 Å². The van der Waals surface area contributed by atoms with Crippen molar-refractivity contribution in [2.24, 2.45) is 5.84 Å². The molecule has 0 bridgehead atoms. The highest BCUT2D eigenvalue weighted by Crippen LogP contribution is 2.16. The Hall–Kier alpha value is -1.62. The Balaban J connectivity index is 2.71. The Bertz CT molecular complexity index is 409. The molecule has 5 nitrogen and oxygen atoms in total. The van der Waals surface area contributed by atoms with Gasteiger partial charge in [0.1, 0.15) is 17.0 Å². The van der Waals surface area contributed by atoms with Gasteiger partial charge in [-0.15, -0.1) is 0 Å². The van der Waals surface area contributed by atoms with E-state index in [-0.39, 0.29) is 0 Å². The highest BCUT2D eigenvalue weighted by Gasteiger charge is 2.04. The van der Waals surface area contributed by atoms with Crippen LogP contribution in [0.2, 0.25) is 0 Å². The van der Waals surface area contributed by atoms with Gasteiger partial charge in [-0.1, -0.05) is 5.16 Å². The second-order valence-corrected chi connectivity index (χ2v) is 2.46. The van der Waals surface area contributed by atoms with Crippen LogP contribution in [0.15, 0.2) is 16.7 Å². The van der Waals surface area contributed by atoms with E-state index in [1.54, 1.807) is 12.1 Å². The van der Waals surface area contributed by atoms with Crippen molar-refractivity contribution < 1.29 is 4.52 Å². The third kappa shape index (κ3) is 0.911. The summed E-state index contributed by atoms with van der Waals surface area (Å²) in [6.07, 6.45) is 0. The maximum Gasteiger partial charge on any atom is 0.185 e. The molecule has 62 valence electrons. The Morgan fingerprint density at radius 2 is 2.33 bits per heavy atom. The fourth-order valence-corrected chi connectivity index (χ4v) is 1.02. The number of aryl methyl sites for hydroxylation is 1. The highest BCUT2D eigenvalue weighted by molar-refractivity contribution is 5.76. The van der Waals surface area contributed by atoms with Gasteiger partial charge in [0.25, 0.3) is 0 Å². The predicted octanol–water partition coefficient (Wildman–Crippen LogP) is 0.817. The summed E-state index contributed by atoms with van der Waals surface area (Å²) in [6.45, 7) is 1.83. The zero-order valence-corrected chi connectivity index (χ0v) is 6.53. The lowest BCUT2D eigenvalue weighted by molar-refractivity contribution is 0.450. The van der Waals surface area contributed by atoms with Gasteiger partial charge in [0.15, 0.2) is 5.58 Å². The molecule has 3 N–H and O–H groups in total. The van der Waals surface area contributed by atoms with Gasteiger partial charge >= 0.3 is 0 Å². The molecule has 0 spiro atoms. The number of nitrogens with zero attached hydrogens (tertiary/aromatic N) is 2. The molecule has 0 aliphatic carbocycles. The molecule has 0 aliphatic rings. The number of pyridine rings is 1. The molecule has 5 heteroatoms. The summed E-state index contributed by atoms with van der Waals surface area (Å²) in [5, 5.41) is 3.77. The number of hydrazine groups is 1. The van der Waals surface area contributed by atoms with Crippen molar-refractivity contribution in [2.75, 3.05) is 5.43 Å². The summed E-state index contributed by atoms with van der Waals surface area (Å²) in [6, 6.07) is 3.50. The van der Waals surface area contributed by atoms with Crippen LogP contribution in [0.4, 0.5) is 5.82 Å². The highest BCUT2D eigenvalue weighted by atomic mass is 16.5. The molecule has 0 saturated carbocycles. The first-order chi connectivity index (χ1) is 5.81. The standard InChI is InChI=1S/C7H8N4O/c1-4-7-5(12-11-4)2-3-6(9-7)10-8/h2-3H,8H2,1H3,(H,9,10). The monoisotopic (exact) mass is 164 g/mol. The van der Waals surface area contributed by atoms with E-state index in [4.69, 9.17) is 10.4 Å². The van der Waals surface area contributed by atoms with Gasteiger partial charge in [0.2, 0.25) is 0 Å². The average Bonchev–Trinajstić information content (AvgIpc) is 2.47. The van der Waals surface area contributed by atoms with Crippen molar-refractivity contribution >= 4 is 16.9 Å². The molecular weight excluding hydrogens is 156 g/mol. The number of hydrogen-bond donors (Lipinski definition) is 2. The number of hydrogen-bond acceptors (Lipinski definition) is 5. The Kier molecular flexibility index (Phi) is 1.44. The summed E-state index contributed by atoms with van der Waals surface area (Å²) in [7, 11) is 0. The Morgan fingerprint density at radius 1 is 1.50 bits per heavy atom. The van der Waals surface area contributed by atoms with Crippen LogP contribution >= 0.6 is 0 Å². The minimum absolute atomic E-state index is 0.605. The van der Waals surface area contributed by atoms with Crippen LogP contribution in [0.3, 0.4) is 0 Å². The fourth-order valence-electron chi connectivity index (χ4n) is 1.02. The molecule has 0 radical (unpaired) electrons. The lowest BCUT2D eigenvalue weighted by Gasteiger charge is -1.95. The topological polar surface area (TPSA) is 77.0 Å². The van der Waals surface area contributed by atoms with Crippen LogP contribution in [0, 0.1) is 6.92 Å². The summed E-state index contributed by atoms with van der Waals surface area (Å²) in [4.78, 5) is 4.16. The second-order valence-electron chi connectivity index (χ2n) is 2.46. The molecule has 2 aromatic rings. The molecule has 0 atom stereocenters. The van der Waals surface area contributed by atoms with Gasteiger partial charge in [-0.25, -0.2) is 10.8 Å². The first-order valence-electron chi connectivity index (χ1n) is 3.51. The van der Waals surface area contributed by atoms with Gasteiger partial charge < -0.3 is 9.95 Å². The van der Waals surface area contributed by atoms with E-state index >= 15 is 0 Å². The third-order valence-electron chi connectivity index (χ3n) is 1.63. The third-order valence-corrected chi connectivity index (χ3v) is 1.63. The van der Waals surface area contributed by atoms with Gasteiger partial charge in [0.05, 0.1) is 0 Å². The minimum atomic E-state index is 0.605. The average molecular weight is 164 g/mol. The Morgan fingerprint density at radius 3 is 3.08 bits per heavy atom. The molecular formula is C7H8N4O. The van der Waals surface area contributed by atoms with Gasteiger partial charge in [-0.2, -0.15) is 0 Å². The van der Waals surface area contributed by atoms with E-state index in [1.165, 1.54) is 0 Å². The number of nitrogens with two attached hydrogens (primary N) is 1. The van der Waals surface area contributed by atoms with E-state index in [1.807, 2.05) is 6.92 Å². The molecule has 2 aromatic heterocycles. The molecule has 0 unspecified atom stereocenters. The van der Waals surface area contributed by atoms with Crippen LogP contribution in [0.25, 0.3) is 11.1 Å². The molecule has 2 rings (SSSR count). The lowest BCUT2D eigenvalue weighted by atomic mass is 10.3. The van der Waals surface area contributed by atoms with E-state index in [9.17, 15) is 0 Å². The van der Waals surface area contributed by atoms with Gasteiger partial charge in [-0.05, 0) is 19.1 Å². The second kappa shape index (κ2) is 2.46. The summed E-state index contributed by atoms with van der Waals surface area (Å²) in [5.74, 6) is 5.80. The van der Waals surface area contributed by atoms with E-state index in [2.05, 4.69) is 15.6 Å². The van der Waals surface area contributed by atoms with E-state index in [0.29, 0.717) is 11.4 Å². The summed E-state index contributed by atoms with van der Waals surface area (Å²) >= 11 is 0. The molecule has 0 amide bonds. The SMILES string of the molecule is Cc1noc2ccc(NN)nc12. The van der Waals surface area contributed by atoms with Crippen molar-refractivity contribution in [2.45, 2.75) is 6.92 Å². The molecule has 12 heavy (non-hydrogen) atoms. The normalized spacial score (nSPS) is 10.5. The smallest absolute Gasteiger partial charge is 0.185 e. The summed E-state index contributed by atoms with van der Waals surface area (Å²) in [5.41, 5.74) is 4.64. The number of nitrogens with one attached hydrogen (secondary N) is 1. The molecule has 0 saturated heterocycles. The maximum atomic E-state index is 5.20. The van der Waals surface area contributed by atoms with Crippen LogP contribution in [0.5, 0.6) is 0 Å². The van der Waals surface area contributed by atoms with Crippen molar-refractivity contribution in [1.82, 2.24) is 10.1 Å². The number of anilines is 1. The van der Waals surface area contributed by atoms with Crippen molar-refractivity contribution in [3.8, 4) is 0 Å². The Labute approximate surface area is 68.5 Å². The van der Waals surface area contributed by atoms with Gasteiger partial charge in [-0.3, -0.25) is 0 Å². The number of rotatable bonds is 1. The molecule has 0 aliphatic heterocycles. The largest absolute Gasteiger partial charge is 0.354 e. The molecule has 0 aromatic carbocycles. The minimum Gasteiger partial charge on any atom is -0.354 e. The molecule has 0 fully saturated rings. The van der Waals surface area contributed by atoms with E-state index < -0.39 is 0 Å². The number of nitrogen functional groups attached to an aromatic ring is 1. The number of aromatic nitrogens is 2. The van der Waals surface area contributed by atoms with Crippen molar-refractivity contribution in [3.05, 3.63) is 17.8 Å². The van der Waals surface area contributed by atoms with Crippen molar-refractivity contribution in [1.29, 1.82) is 0 Å². The molecule has 2 heterocycles. The maximum absolute atomic E-state index is 5.20. The van der Waals surface area contributed by atoms with Gasteiger partial charge in [0, 0.05) is 0 Å². The zero-order chi connectivity index (χ0) is 8.55. The number of fused-ring (bicyclic) bond motifs is 1. The first-order valence-corrected chi connectivity index (χ1v) is 3.51. The van der Waals surface area contributed by atoms with Crippen LogP contribution in [-0.2, 0) is 0 Å². The fraction of sp³-hybridized carbons (Fsp3) is 0.143. The van der Waals surface area contributed by atoms with Crippen LogP contribution in [-0.4, -0.2) is 10.1 Å². The van der Waals surface area contributed by atoms with E-state index in [0.717, 1.165) is 11.2 Å².